The van der Waals surface area contributed by atoms with Gasteiger partial charge in [-0.1, -0.05) is 17.7 Å². The molecule has 3 aromatic rings. The van der Waals surface area contributed by atoms with Crippen molar-refractivity contribution in [3.8, 4) is 5.75 Å². The molecule has 3 rings (SSSR count). The third kappa shape index (κ3) is 4.90. The second-order valence-electron chi connectivity index (χ2n) is 6.41. The van der Waals surface area contributed by atoms with Gasteiger partial charge < -0.3 is 10.1 Å². The number of ether oxygens (including phenoxy) is 1. The van der Waals surface area contributed by atoms with E-state index in [-0.39, 0.29) is 4.90 Å². The number of benzene rings is 2. The van der Waals surface area contributed by atoms with Crippen molar-refractivity contribution in [3.63, 3.8) is 0 Å². The van der Waals surface area contributed by atoms with Crippen LogP contribution in [0.3, 0.4) is 0 Å². The molecule has 2 aromatic carbocycles. The first-order chi connectivity index (χ1) is 14.3. The SMILES string of the molecule is COc1ccc(N(CC(=O)Nc2cc(Cl)ccc2C)S(=O)(=O)c2cccnc2)cc1. The number of aromatic nitrogens is 1. The molecule has 0 aliphatic rings. The molecule has 0 radical (unpaired) electrons. The number of aryl methyl sites for hydroxylation is 1. The molecule has 0 aliphatic carbocycles. The van der Waals surface area contributed by atoms with Crippen molar-refractivity contribution in [1.29, 1.82) is 0 Å². The van der Waals surface area contributed by atoms with Gasteiger partial charge in [0.1, 0.15) is 17.2 Å². The van der Waals surface area contributed by atoms with Crippen LogP contribution in [-0.4, -0.2) is 33.0 Å². The summed E-state index contributed by atoms with van der Waals surface area (Å²) in [5.74, 6) is 0.0557. The second-order valence-corrected chi connectivity index (χ2v) is 8.70. The van der Waals surface area contributed by atoms with Crippen molar-refractivity contribution in [2.75, 3.05) is 23.3 Å². The highest BCUT2D eigenvalue weighted by atomic mass is 35.5. The lowest BCUT2D eigenvalue weighted by Gasteiger charge is -2.24. The first-order valence-corrected chi connectivity index (χ1v) is 10.8. The van der Waals surface area contributed by atoms with Gasteiger partial charge in [0.25, 0.3) is 10.0 Å². The van der Waals surface area contributed by atoms with Gasteiger partial charge in [0.2, 0.25) is 5.91 Å². The first kappa shape index (κ1) is 21.6. The zero-order valence-corrected chi connectivity index (χ0v) is 17.9. The largest absolute Gasteiger partial charge is 0.497 e. The molecule has 0 aliphatic heterocycles. The molecule has 30 heavy (non-hydrogen) atoms. The van der Waals surface area contributed by atoms with E-state index in [9.17, 15) is 13.2 Å². The third-order valence-corrected chi connectivity index (χ3v) is 6.34. The van der Waals surface area contributed by atoms with Crippen molar-refractivity contribution < 1.29 is 17.9 Å². The summed E-state index contributed by atoms with van der Waals surface area (Å²) in [6, 6.07) is 14.4. The van der Waals surface area contributed by atoms with Crippen LogP contribution in [0.4, 0.5) is 11.4 Å². The lowest BCUT2D eigenvalue weighted by atomic mass is 10.2. The van der Waals surface area contributed by atoms with Crippen molar-refractivity contribution in [2.45, 2.75) is 11.8 Å². The van der Waals surface area contributed by atoms with Crippen LogP contribution in [0.2, 0.25) is 5.02 Å². The summed E-state index contributed by atoms with van der Waals surface area (Å²) in [7, 11) is -2.52. The molecule has 0 bridgehead atoms. The summed E-state index contributed by atoms with van der Waals surface area (Å²) in [5.41, 5.74) is 1.64. The van der Waals surface area contributed by atoms with E-state index in [1.54, 1.807) is 42.5 Å². The van der Waals surface area contributed by atoms with Crippen LogP contribution in [0.5, 0.6) is 5.75 Å². The predicted octanol–water partition coefficient (Wildman–Crippen LogP) is 3.89. The molecule has 0 fully saturated rings. The van der Waals surface area contributed by atoms with Crippen LogP contribution >= 0.6 is 11.6 Å². The van der Waals surface area contributed by atoms with Crippen LogP contribution in [0.25, 0.3) is 0 Å². The molecule has 0 saturated heterocycles. The maximum atomic E-state index is 13.2. The molecule has 7 nitrogen and oxygen atoms in total. The molecule has 0 atom stereocenters. The standard InChI is InChI=1S/C21H20ClN3O4S/c1-15-5-6-16(22)12-20(15)24-21(26)14-25(17-7-9-18(29-2)10-8-17)30(27,28)19-4-3-11-23-13-19/h3-13H,14H2,1-2H3,(H,24,26). The van der Waals surface area contributed by atoms with Gasteiger partial charge in [-0.3, -0.25) is 14.1 Å². The number of hydrogen-bond donors (Lipinski definition) is 1. The number of amides is 1. The number of sulfonamides is 1. The molecule has 1 N–H and O–H groups in total. The number of carbonyl (C=O) groups excluding carboxylic acids is 1. The maximum Gasteiger partial charge on any atom is 0.266 e. The smallest absolute Gasteiger partial charge is 0.266 e. The fraction of sp³-hybridized carbons (Fsp3) is 0.143. The van der Waals surface area contributed by atoms with E-state index >= 15 is 0 Å². The Morgan fingerprint density at radius 3 is 2.53 bits per heavy atom. The summed E-state index contributed by atoms with van der Waals surface area (Å²) < 4.78 is 32.7. The van der Waals surface area contributed by atoms with E-state index in [1.165, 1.54) is 31.6 Å². The number of carbonyl (C=O) groups is 1. The minimum atomic E-state index is -4.04. The van der Waals surface area contributed by atoms with Crippen LogP contribution in [0.1, 0.15) is 5.56 Å². The lowest BCUT2D eigenvalue weighted by molar-refractivity contribution is -0.114. The van der Waals surface area contributed by atoms with Gasteiger partial charge in [-0.25, -0.2) is 8.42 Å². The summed E-state index contributed by atoms with van der Waals surface area (Å²) in [6.07, 6.45) is 2.72. The Labute approximate surface area is 180 Å². The first-order valence-electron chi connectivity index (χ1n) is 8.94. The van der Waals surface area contributed by atoms with Gasteiger partial charge in [0.15, 0.2) is 0 Å². The van der Waals surface area contributed by atoms with Crippen LogP contribution in [0.15, 0.2) is 71.9 Å². The molecule has 0 unspecified atom stereocenters. The Kier molecular flexibility index (Phi) is 6.59. The number of rotatable bonds is 7. The van der Waals surface area contributed by atoms with Gasteiger partial charge in [-0.15, -0.1) is 0 Å². The fourth-order valence-corrected chi connectivity index (χ4v) is 4.30. The molecule has 9 heteroatoms. The molecule has 0 spiro atoms. The topological polar surface area (TPSA) is 88.6 Å². The molecular weight excluding hydrogens is 426 g/mol. The average molecular weight is 446 g/mol. The third-order valence-electron chi connectivity index (χ3n) is 4.34. The van der Waals surface area contributed by atoms with E-state index in [0.29, 0.717) is 22.1 Å². The van der Waals surface area contributed by atoms with Crippen LogP contribution in [-0.2, 0) is 14.8 Å². The zero-order valence-electron chi connectivity index (χ0n) is 16.4. The lowest BCUT2D eigenvalue weighted by Crippen LogP contribution is -2.38. The van der Waals surface area contributed by atoms with Crippen molar-refractivity contribution >= 4 is 38.9 Å². The van der Waals surface area contributed by atoms with E-state index in [4.69, 9.17) is 16.3 Å². The van der Waals surface area contributed by atoms with Gasteiger partial charge in [-0.05, 0) is 61.0 Å². The molecule has 156 valence electrons. The molecule has 1 aromatic heterocycles. The maximum absolute atomic E-state index is 13.2. The van der Waals surface area contributed by atoms with Crippen LogP contribution < -0.4 is 14.4 Å². The number of hydrogen-bond acceptors (Lipinski definition) is 5. The van der Waals surface area contributed by atoms with E-state index in [1.807, 2.05) is 6.92 Å². The van der Waals surface area contributed by atoms with Gasteiger partial charge in [0.05, 0.1) is 12.8 Å². The highest BCUT2D eigenvalue weighted by Crippen LogP contribution is 2.26. The average Bonchev–Trinajstić information content (AvgIpc) is 2.75. The highest BCUT2D eigenvalue weighted by molar-refractivity contribution is 7.92. The number of pyridine rings is 1. The number of halogens is 1. The number of nitrogens with zero attached hydrogens (tertiary/aromatic N) is 2. The summed E-state index contributed by atoms with van der Waals surface area (Å²) in [5, 5.41) is 3.19. The second kappa shape index (κ2) is 9.15. The molecule has 1 amide bonds. The molecule has 0 saturated carbocycles. The Balaban J connectivity index is 1.94. The van der Waals surface area contributed by atoms with Gasteiger partial charge in [0, 0.05) is 23.1 Å². The summed E-state index contributed by atoms with van der Waals surface area (Å²) >= 11 is 6.01. The van der Waals surface area contributed by atoms with Crippen LogP contribution in [0, 0.1) is 6.92 Å². The predicted molar refractivity (Wildman–Crippen MR) is 117 cm³/mol. The Hall–Kier alpha value is -3.10. The number of methoxy groups -OCH3 is 1. The monoisotopic (exact) mass is 445 g/mol. The molecular formula is C21H20ClN3O4S. The zero-order chi connectivity index (χ0) is 21.7. The highest BCUT2D eigenvalue weighted by Gasteiger charge is 2.27. The normalized spacial score (nSPS) is 11.0. The quantitative estimate of drug-likeness (QED) is 0.596. The van der Waals surface area contributed by atoms with E-state index in [0.717, 1.165) is 9.87 Å². The molecule has 1 heterocycles. The minimum absolute atomic E-state index is 0.0208. The van der Waals surface area contributed by atoms with E-state index < -0.39 is 22.5 Å². The Bertz CT molecular complexity index is 1140. The number of anilines is 2. The van der Waals surface area contributed by atoms with Crippen molar-refractivity contribution in [1.82, 2.24) is 4.98 Å². The fourth-order valence-electron chi connectivity index (χ4n) is 2.74. The van der Waals surface area contributed by atoms with Crippen molar-refractivity contribution in [2.24, 2.45) is 0 Å². The Morgan fingerprint density at radius 2 is 1.90 bits per heavy atom. The van der Waals surface area contributed by atoms with Gasteiger partial charge >= 0.3 is 0 Å². The number of nitrogens with one attached hydrogen (secondary N) is 1. The van der Waals surface area contributed by atoms with Gasteiger partial charge in [-0.2, -0.15) is 0 Å². The Morgan fingerprint density at radius 1 is 1.17 bits per heavy atom. The summed E-state index contributed by atoms with van der Waals surface area (Å²) in [6.45, 7) is 1.38. The van der Waals surface area contributed by atoms with E-state index in [2.05, 4.69) is 10.3 Å². The van der Waals surface area contributed by atoms with Crippen molar-refractivity contribution in [3.05, 3.63) is 77.6 Å². The minimum Gasteiger partial charge on any atom is -0.497 e. The summed E-state index contributed by atoms with van der Waals surface area (Å²) in [4.78, 5) is 16.6.